The Bertz CT molecular complexity index is 854. The maximum absolute atomic E-state index is 4.71. The molecule has 0 amide bonds. The standard InChI is InChI=1S/C18H24BrN5/c1-17(2,3)10-18(4,5)23-15-14(12-8-6-7-9-13(12)19)22-16-20-11-21-24(15)16/h6-9,11,23H,10H2,1-5H3,(H,20,21,22). The minimum absolute atomic E-state index is 0.0880. The van der Waals surface area contributed by atoms with Crippen molar-refractivity contribution < 1.29 is 0 Å². The summed E-state index contributed by atoms with van der Waals surface area (Å²) in [5.74, 6) is 1.60. The molecule has 3 rings (SSSR count). The van der Waals surface area contributed by atoms with Crippen LogP contribution in [-0.4, -0.2) is 25.1 Å². The molecule has 0 atom stereocenters. The fraction of sp³-hybridized carbons (Fsp3) is 0.444. The average molecular weight is 390 g/mol. The number of rotatable bonds is 4. The summed E-state index contributed by atoms with van der Waals surface area (Å²) < 4.78 is 2.92. The van der Waals surface area contributed by atoms with Gasteiger partial charge in [0, 0.05) is 15.6 Å². The number of halogens is 1. The van der Waals surface area contributed by atoms with E-state index in [0.29, 0.717) is 5.78 Å². The van der Waals surface area contributed by atoms with E-state index >= 15 is 0 Å². The maximum Gasteiger partial charge on any atom is 0.252 e. The highest BCUT2D eigenvalue weighted by Crippen LogP contribution is 2.36. The van der Waals surface area contributed by atoms with Crippen LogP contribution >= 0.6 is 15.9 Å². The molecule has 0 radical (unpaired) electrons. The van der Waals surface area contributed by atoms with Crippen LogP contribution in [-0.2, 0) is 0 Å². The summed E-state index contributed by atoms with van der Waals surface area (Å²) in [6.07, 6.45) is 2.69. The van der Waals surface area contributed by atoms with Gasteiger partial charge in [0.05, 0.1) is 0 Å². The Morgan fingerprint density at radius 3 is 2.54 bits per heavy atom. The van der Waals surface area contributed by atoms with Crippen molar-refractivity contribution >= 4 is 27.5 Å². The molecule has 0 unspecified atom stereocenters. The smallest absolute Gasteiger partial charge is 0.252 e. The summed E-state index contributed by atoms with van der Waals surface area (Å²) in [4.78, 5) is 9.01. The Morgan fingerprint density at radius 2 is 1.88 bits per heavy atom. The van der Waals surface area contributed by atoms with E-state index in [-0.39, 0.29) is 11.0 Å². The lowest BCUT2D eigenvalue weighted by Crippen LogP contribution is -2.36. The number of nitrogens with one attached hydrogen (secondary N) is 2. The molecule has 0 aliphatic heterocycles. The van der Waals surface area contributed by atoms with Crippen molar-refractivity contribution in [1.82, 2.24) is 19.6 Å². The molecule has 0 aliphatic carbocycles. The van der Waals surface area contributed by atoms with Crippen molar-refractivity contribution in [2.45, 2.75) is 46.6 Å². The fourth-order valence-electron chi connectivity index (χ4n) is 3.41. The van der Waals surface area contributed by atoms with E-state index in [1.165, 1.54) is 0 Å². The summed E-state index contributed by atoms with van der Waals surface area (Å²) >= 11 is 3.63. The Hall–Kier alpha value is -1.82. The molecule has 0 saturated heterocycles. The van der Waals surface area contributed by atoms with Crippen LogP contribution in [0.25, 0.3) is 17.0 Å². The Balaban J connectivity index is 2.08. The van der Waals surface area contributed by atoms with E-state index in [1.54, 1.807) is 6.33 Å². The molecule has 6 heteroatoms. The van der Waals surface area contributed by atoms with E-state index in [0.717, 1.165) is 28.0 Å². The van der Waals surface area contributed by atoms with Gasteiger partial charge in [0.25, 0.3) is 5.78 Å². The first kappa shape index (κ1) is 17.0. The van der Waals surface area contributed by atoms with Gasteiger partial charge in [0.1, 0.15) is 12.0 Å². The van der Waals surface area contributed by atoms with Crippen LogP contribution in [0, 0.1) is 5.41 Å². The molecule has 128 valence electrons. The van der Waals surface area contributed by atoms with Crippen LogP contribution in [0.15, 0.2) is 35.1 Å². The van der Waals surface area contributed by atoms with Gasteiger partial charge in [-0.25, -0.2) is 14.5 Å². The number of fused-ring (bicyclic) bond motifs is 1. The molecule has 2 N–H and O–H groups in total. The molecule has 2 heterocycles. The predicted molar refractivity (Wildman–Crippen MR) is 102 cm³/mol. The zero-order valence-electron chi connectivity index (χ0n) is 14.8. The van der Waals surface area contributed by atoms with Gasteiger partial charge >= 0.3 is 0 Å². The summed E-state index contributed by atoms with van der Waals surface area (Å²) in [6.45, 7) is 11.2. The summed E-state index contributed by atoms with van der Waals surface area (Å²) in [5.41, 5.74) is 2.08. The molecule has 1 aromatic carbocycles. The lowest BCUT2D eigenvalue weighted by atomic mass is 9.82. The van der Waals surface area contributed by atoms with Crippen molar-refractivity contribution in [3.63, 3.8) is 0 Å². The number of imidazole rings is 1. The van der Waals surface area contributed by atoms with Crippen molar-refractivity contribution in [2.75, 3.05) is 5.32 Å². The van der Waals surface area contributed by atoms with Gasteiger partial charge in [0.15, 0.2) is 5.82 Å². The first-order valence-corrected chi connectivity index (χ1v) is 8.90. The third-order valence-electron chi connectivity index (χ3n) is 3.78. The Kier molecular flexibility index (Phi) is 4.20. The van der Waals surface area contributed by atoms with Crippen LogP contribution in [0.4, 0.5) is 5.82 Å². The number of aromatic amines is 1. The zero-order valence-corrected chi connectivity index (χ0v) is 16.4. The first-order valence-electron chi connectivity index (χ1n) is 8.11. The number of hydrogen-bond acceptors (Lipinski definition) is 3. The fourth-order valence-corrected chi connectivity index (χ4v) is 3.88. The highest BCUT2D eigenvalue weighted by Gasteiger charge is 2.28. The largest absolute Gasteiger partial charge is 0.363 e. The monoisotopic (exact) mass is 389 g/mol. The maximum atomic E-state index is 4.71. The van der Waals surface area contributed by atoms with Crippen LogP contribution in [0.3, 0.4) is 0 Å². The zero-order chi connectivity index (χ0) is 17.5. The average Bonchev–Trinajstić information content (AvgIpc) is 2.99. The molecular weight excluding hydrogens is 366 g/mol. The van der Waals surface area contributed by atoms with Crippen molar-refractivity contribution in [2.24, 2.45) is 5.41 Å². The minimum atomic E-state index is -0.0880. The Morgan fingerprint density at radius 1 is 1.17 bits per heavy atom. The van der Waals surface area contributed by atoms with Gasteiger partial charge in [-0.2, -0.15) is 0 Å². The molecule has 0 aliphatic rings. The SMILES string of the molecule is CC(C)(C)CC(C)(C)Nc1c(-c2ccccc2Br)nc2nc[nH]n12. The summed E-state index contributed by atoms with van der Waals surface area (Å²) in [6, 6.07) is 8.12. The Labute approximate surface area is 151 Å². The summed E-state index contributed by atoms with van der Waals surface area (Å²) in [7, 11) is 0. The highest BCUT2D eigenvalue weighted by molar-refractivity contribution is 9.10. The summed E-state index contributed by atoms with van der Waals surface area (Å²) in [5, 5.41) is 6.84. The highest BCUT2D eigenvalue weighted by atomic mass is 79.9. The van der Waals surface area contributed by atoms with Gasteiger partial charge in [0.2, 0.25) is 0 Å². The number of H-pyrrole nitrogens is 1. The first-order chi connectivity index (χ1) is 11.2. The van der Waals surface area contributed by atoms with Gasteiger partial charge < -0.3 is 5.32 Å². The topological polar surface area (TPSA) is 58.0 Å². The van der Waals surface area contributed by atoms with E-state index in [4.69, 9.17) is 4.98 Å². The molecule has 0 fully saturated rings. The van der Waals surface area contributed by atoms with Gasteiger partial charge in [-0.05, 0) is 31.7 Å². The normalized spacial score (nSPS) is 12.8. The third-order valence-corrected chi connectivity index (χ3v) is 4.48. The lowest BCUT2D eigenvalue weighted by Gasteiger charge is -2.34. The van der Waals surface area contributed by atoms with Gasteiger partial charge in [-0.1, -0.05) is 54.9 Å². The van der Waals surface area contributed by atoms with Crippen molar-refractivity contribution in [3.8, 4) is 11.3 Å². The lowest BCUT2D eigenvalue weighted by molar-refractivity contribution is 0.302. The molecule has 3 aromatic rings. The quantitative estimate of drug-likeness (QED) is 0.651. The van der Waals surface area contributed by atoms with Gasteiger partial charge in [-0.15, -0.1) is 0 Å². The molecule has 0 bridgehead atoms. The van der Waals surface area contributed by atoms with E-state index in [1.807, 2.05) is 22.7 Å². The van der Waals surface area contributed by atoms with Crippen LogP contribution in [0.1, 0.15) is 41.0 Å². The van der Waals surface area contributed by atoms with Gasteiger partial charge in [-0.3, -0.25) is 5.10 Å². The number of nitrogens with zero attached hydrogens (tertiary/aromatic N) is 3. The van der Waals surface area contributed by atoms with Crippen LogP contribution in [0.2, 0.25) is 0 Å². The molecule has 2 aromatic heterocycles. The molecule has 5 nitrogen and oxygen atoms in total. The van der Waals surface area contributed by atoms with E-state index in [2.05, 4.69) is 72.0 Å². The second kappa shape index (κ2) is 5.92. The minimum Gasteiger partial charge on any atom is -0.363 e. The van der Waals surface area contributed by atoms with E-state index < -0.39 is 0 Å². The second-order valence-electron chi connectivity index (χ2n) is 8.06. The molecule has 0 saturated carbocycles. The number of hydrogen-bond donors (Lipinski definition) is 2. The molecule has 24 heavy (non-hydrogen) atoms. The van der Waals surface area contributed by atoms with Crippen LogP contribution < -0.4 is 5.32 Å². The third kappa shape index (κ3) is 3.48. The number of benzene rings is 1. The second-order valence-corrected chi connectivity index (χ2v) is 8.91. The van der Waals surface area contributed by atoms with Crippen LogP contribution in [0.5, 0.6) is 0 Å². The molecular formula is C18H24BrN5. The van der Waals surface area contributed by atoms with Crippen molar-refractivity contribution in [3.05, 3.63) is 35.1 Å². The van der Waals surface area contributed by atoms with Crippen molar-refractivity contribution in [1.29, 1.82) is 0 Å². The number of aromatic nitrogens is 4. The number of anilines is 1. The molecule has 0 spiro atoms. The van der Waals surface area contributed by atoms with E-state index in [9.17, 15) is 0 Å². The predicted octanol–water partition coefficient (Wildman–Crippen LogP) is 5.11.